The highest BCUT2D eigenvalue weighted by Gasteiger charge is 2.38. The Morgan fingerprint density at radius 2 is 1.72 bits per heavy atom. The minimum atomic E-state index is -0.459. The maximum Gasteiger partial charge on any atom is 0.356 e. The van der Waals surface area contributed by atoms with E-state index < -0.39 is 5.97 Å². The van der Waals surface area contributed by atoms with Gasteiger partial charge in [-0.1, -0.05) is 6.42 Å². The number of hydrogen-bond donors (Lipinski definition) is 0. The molecular formula is C28H34FN5O2. The number of rotatable bonds is 4. The normalized spacial score (nSPS) is 20.6. The molecule has 1 spiro atoms. The highest BCUT2D eigenvalue weighted by atomic mass is 19.1. The number of esters is 1. The Bertz CT molecular complexity index is 1270. The fourth-order valence-corrected chi connectivity index (χ4v) is 6.13. The summed E-state index contributed by atoms with van der Waals surface area (Å²) >= 11 is 0. The number of aromatic nitrogens is 3. The Hall–Kier alpha value is -3.00. The second-order valence-electron chi connectivity index (χ2n) is 10.9. The molecule has 190 valence electrons. The molecule has 8 heteroatoms. The van der Waals surface area contributed by atoms with Crippen LogP contribution in [0.1, 0.15) is 67.0 Å². The van der Waals surface area contributed by atoms with Crippen molar-refractivity contribution in [1.82, 2.24) is 19.7 Å². The summed E-state index contributed by atoms with van der Waals surface area (Å²) in [6.45, 7) is 4.25. The van der Waals surface area contributed by atoms with Gasteiger partial charge in [-0.2, -0.15) is 5.10 Å². The molecule has 1 saturated carbocycles. The molecule has 7 nitrogen and oxygen atoms in total. The SMILES string of the molecule is COC(=O)c1cc(N2CCC3(CCN(C)CC3)CC2)c2c(C3CCC3)nn(-c3ccc(F)cc3)c2n1. The fraction of sp³-hybridized carbons (Fsp3) is 0.536. The van der Waals surface area contributed by atoms with Crippen molar-refractivity contribution in [2.75, 3.05) is 45.2 Å². The summed E-state index contributed by atoms with van der Waals surface area (Å²) < 4.78 is 20.5. The molecule has 2 aromatic heterocycles. The quantitative estimate of drug-likeness (QED) is 0.483. The molecule has 0 atom stereocenters. The van der Waals surface area contributed by atoms with E-state index in [1.54, 1.807) is 16.8 Å². The largest absolute Gasteiger partial charge is 0.464 e. The van der Waals surface area contributed by atoms with Crippen LogP contribution in [0.15, 0.2) is 30.3 Å². The highest BCUT2D eigenvalue weighted by molar-refractivity contribution is 5.99. The van der Waals surface area contributed by atoms with Crippen LogP contribution in [0.4, 0.5) is 10.1 Å². The lowest BCUT2D eigenvalue weighted by molar-refractivity contribution is 0.0594. The van der Waals surface area contributed by atoms with Gasteiger partial charge >= 0.3 is 5.97 Å². The first-order valence-electron chi connectivity index (χ1n) is 13.2. The highest BCUT2D eigenvalue weighted by Crippen LogP contribution is 2.46. The second kappa shape index (κ2) is 9.14. The molecule has 3 aromatic rings. The van der Waals surface area contributed by atoms with Crippen LogP contribution >= 0.6 is 0 Å². The summed E-state index contributed by atoms with van der Waals surface area (Å²) in [5.41, 5.74) is 4.15. The van der Waals surface area contributed by atoms with E-state index in [4.69, 9.17) is 14.8 Å². The van der Waals surface area contributed by atoms with Crippen molar-refractivity contribution >= 4 is 22.7 Å². The predicted octanol–water partition coefficient (Wildman–Crippen LogP) is 4.93. The first-order valence-corrected chi connectivity index (χ1v) is 13.2. The molecule has 0 radical (unpaired) electrons. The fourth-order valence-electron chi connectivity index (χ4n) is 6.13. The summed E-state index contributed by atoms with van der Waals surface area (Å²) in [4.78, 5) is 22.3. The number of pyridine rings is 1. The molecule has 0 amide bonds. The van der Waals surface area contributed by atoms with Crippen molar-refractivity contribution in [3.05, 3.63) is 47.5 Å². The molecule has 0 N–H and O–H groups in total. The van der Waals surface area contributed by atoms with E-state index in [0.29, 0.717) is 17.0 Å². The van der Waals surface area contributed by atoms with Crippen LogP contribution < -0.4 is 4.90 Å². The number of piperidine rings is 2. The molecular weight excluding hydrogens is 457 g/mol. The standard InChI is InChI=1S/C28H34FN5O2/c1-32-14-10-28(11-15-32)12-16-33(17-13-28)23-18-22(27(35)36-2)30-26-24(23)25(19-4-3-5-19)31-34(26)21-8-6-20(29)7-9-21/h6-9,18-19H,3-5,10-17H2,1-2H3. The Labute approximate surface area is 211 Å². The molecule has 3 fully saturated rings. The van der Waals surface area contributed by atoms with E-state index in [1.165, 1.54) is 51.6 Å². The van der Waals surface area contributed by atoms with Gasteiger partial charge < -0.3 is 14.5 Å². The van der Waals surface area contributed by atoms with Crippen molar-refractivity contribution in [1.29, 1.82) is 0 Å². The topological polar surface area (TPSA) is 63.5 Å². The Kier molecular flexibility index (Phi) is 5.94. The Morgan fingerprint density at radius 3 is 2.33 bits per heavy atom. The van der Waals surface area contributed by atoms with Crippen LogP contribution in [0.5, 0.6) is 0 Å². The third-order valence-electron chi connectivity index (χ3n) is 8.81. The lowest BCUT2D eigenvalue weighted by Crippen LogP contribution is -2.46. The van der Waals surface area contributed by atoms with E-state index in [9.17, 15) is 9.18 Å². The number of likely N-dealkylation sites (tertiary alicyclic amines) is 1. The van der Waals surface area contributed by atoms with Crippen LogP contribution in [0.25, 0.3) is 16.7 Å². The summed E-state index contributed by atoms with van der Waals surface area (Å²) in [5.74, 6) is -0.378. The molecule has 1 aromatic carbocycles. The van der Waals surface area contributed by atoms with Gasteiger partial charge in [0.05, 0.1) is 29.6 Å². The average molecular weight is 492 g/mol. The zero-order valence-corrected chi connectivity index (χ0v) is 21.2. The predicted molar refractivity (Wildman–Crippen MR) is 137 cm³/mol. The van der Waals surface area contributed by atoms with Gasteiger partial charge in [0.15, 0.2) is 11.3 Å². The number of carbonyl (C=O) groups excluding carboxylic acids is 1. The van der Waals surface area contributed by atoms with Crippen molar-refractivity contribution in [2.24, 2.45) is 5.41 Å². The average Bonchev–Trinajstić information content (AvgIpc) is 3.24. The van der Waals surface area contributed by atoms with Gasteiger partial charge in [-0.05, 0) is 94.4 Å². The van der Waals surface area contributed by atoms with Gasteiger partial charge in [-0.25, -0.2) is 18.9 Å². The van der Waals surface area contributed by atoms with Crippen LogP contribution in [-0.4, -0.2) is 66.0 Å². The van der Waals surface area contributed by atoms with Crippen LogP contribution in [0, 0.1) is 11.2 Å². The van der Waals surface area contributed by atoms with Gasteiger partial charge in [0.1, 0.15) is 5.82 Å². The number of carbonyl (C=O) groups is 1. The molecule has 1 aliphatic carbocycles. The number of fused-ring (bicyclic) bond motifs is 1. The molecule has 0 bridgehead atoms. The maximum atomic E-state index is 13.7. The Balaban J connectivity index is 1.46. The van der Waals surface area contributed by atoms with E-state index in [2.05, 4.69) is 16.8 Å². The maximum absolute atomic E-state index is 13.7. The minimum Gasteiger partial charge on any atom is -0.464 e. The minimum absolute atomic E-state index is 0.281. The summed E-state index contributed by atoms with van der Waals surface area (Å²) in [6, 6.07) is 8.19. The summed E-state index contributed by atoms with van der Waals surface area (Å²) in [5, 5.41) is 6.06. The molecule has 0 unspecified atom stereocenters. The molecule has 6 rings (SSSR count). The van der Waals surface area contributed by atoms with Gasteiger partial charge in [0.25, 0.3) is 0 Å². The number of benzene rings is 1. The summed E-state index contributed by atoms with van der Waals surface area (Å²) in [6.07, 6.45) is 8.22. The lowest BCUT2D eigenvalue weighted by Gasteiger charge is -2.47. The van der Waals surface area contributed by atoms with E-state index in [0.717, 1.165) is 61.2 Å². The number of halogens is 1. The van der Waals surface area contributed by atoms with E-state index >= 15 is 0 Å². The lowest BCUT2D eigenvalue weighted by atomic mass is 9.71. The van der Waals surface area contributed by atoms with Crippen molar-refractivity contribution in [3.63, 3.8) is 0 Å². The number of ether oxygens (including phenoxy) is 1. The number of nitrogens with zero attached hydrogens (tertiary/aromatic N) is 5. The van der Waals surface area contributed by atoms with Gasteiger partial charge in [0, 0.05) is 19.0 Å². The van der Waals surface area contributed by atoms with Crippen molar-refractivity contribution < 1.29 is 13.9 Å². The zero-order valence-electron chi connectivity index (χ0n) is 21.2. The number of hydrogen-bond acceptors (Lipinski definition) is 6. The molecule has 2 aliphatic heterocycles. The van der Waals surface area contributed by atoms with Gasteiger partial charge in [-0.3, -0.25) is 0 Å². The summed E-state index contributed by atoms with van der Waals surface area (Å²) in [7, 11) is 3.60. The van der Waals surface area contributed by atoms with Crippen molar-refractivity contribution in [2.45, 2.75) is 50.9 Å². The van der Waals surface area contributed by atoms with Crippen LogP contribution in [-0.2, 0) is 4.74 Å². The van der Waals surface area contributed by atoms with Crippen LogP contribution in [0.3, 0.4) is 0 Å². The Morgan fingerprint density at radius 1 is 1.06 bits per heavy atom. The molecule has 3 aliphatic rings. The third-order valence-corrected chi connectivity index (χ3v) is 8.81. The number of anilines is 1. The van der Waals surface area contributed by atoms with Crippen molar-refractivity contribution in [3.8, 4) is 5.69 Å². The van der Waals surface area contributed by atoms with Crippen LogP contribution in [0.2, 0.25) is 0 Å². The van der Waals surface area contributed by atoms with Gasteiger partial charge in [0.2, 0.25) is 0 Å². The van der Waals surface area contributed by atoms with E-state index in [1.807, 2.05) is 6.07 Å². The molecule has 4 heterocycles. The zero-order chi connectivity index (χ0) is 24.9. The number of methoxy groups -OCH3 is 1. The molecule has 36 heavy (non-hydrogen) atoms. The monoisotopic (exact) mass is 491 g/mol. The first-order chi connectivity index (χ1) is 17.5. The molecule has 2 saturated heterocycles. The third kappa shape index (κ3) is 4.05. The van der Waals surface area contributed by atoms with Gasteiger partial charge in [-0.15, -0.1) is 0 Å². The van der Waals surface area contributed by atoms with E-state index in [-0.39, 0.29) is 11.5 Å². The second-order valence-corrected chi connectivity index (χ2v) is 10.9. The first kappa shape index (κ1) is 23.4. The smallest absolute Gasteiger partial charge is 0.356 e.